The highest BCUT2D eigenvalue weighted by atomic mass is 32.2. The van der Waals surface area contributed by atoms with Crippen molar-refractivity contribution in [3.05, 3.63) is 54.2 Å². The minimum absolute atomic E-state index is 0.300. The van der Waals surface area contributed by atoms with Gasteiger partial charge in [-0.15, -0.1) is 0 Å². The maximum atomic E-state index is 11.7. The first-order chi connectivity index (χ1) is 11.0. The molecule has 2 aromatic rings. The molecule has 6 nitrogen and oxygen atoms in total. The zero-order chi connectivity index (χ0) is 16.7. The average molecular weight is 334 g/mol. The predicted molar refractivity (Wildman–Crippen MR) is 93.7 cm³/mol. The summed E-state index contributed by atoms with van der Waals surface area (Å²) in [6, 6.07) is 13.8. The van der Waals surface area contributed by atoms with Gasteiger partial charge in [-0.2, -0.15) is 12.7 Å². The molecule has 0 radical (unpaired) electrons. The third-order valence-electron chi connectivity index (χ3n) is 3.29. The predicted octanol–water partition coefficient (Wildman–Crippen LogP) is 2.34. The van der Waals surface area contributed by atoms with Crippen LogP contribution in [0, 0.1) is 0 Å². The Kier molecular flexibility index (Phi) is 5.95. The van der Waals surface area contributed by atoms with Crippen molar-refractivity contribution in [2.75, 3.05) is 30.7 Å². The van der Waals surface area contributed by atoms with Crippen LogP contribution < -0.4 is 10.0 Å². The van der Waals surface area contributed by atoms with Gasteiger partial charge in [-0.05, 0) is 30.5 Å². The largest absolute Gasteiger partial charge is 0.384 e. The average Bonchev–Trinajstić information content (AvgIpc) is 2.54. The molecule has 2 rings (SSSR count). The highest BCUT2D eigenvalue weighted by Gasteiger charge is 2.13. The number of hydrogen-bond acceptors (Lipinski definition) is 4. The van der Waals surface area contributed by atoms with Gasteiger partial charge in [0.2, 0.25) is 0 Å². The molecule has 0 amide bonds. The number of benzene rings is 1. The molecular formula is C16H22N4O2S. The van der Waals surface area contributed by atoms with Crippen molar-refractivity contribution in [1.82, 2.24) is 9.29 Å². The van der Waals surface area contributed by atoms with Crippen LogP contribution in [0.4, 0.5) is 11.5 Å². The second-order valence-electron chi connectivity index (χ2n) is 5.34. The van der Waals surface area contributed by atoms with Crippen molar-refractivity contribution in [2.45, 2.75) is 12.8 Å². The van der Waals surface area contributed by atoms with Gasteiger partial charge in [0.05, 0.1) is 11.9 Å². The van der Waals surface area contributed by atoms with Crippen LogP contribution in [0.1, 0.15) is 12.0 Å². The number of aryl methyl sites for hydroxylation is 1. The summed E-state index contributed by atoms with van der Waals surface area (Å²) in [5.74, 6) is 0.300. The minimum atomic E-state index is -3.52. The van der Waals surface area contributed by atoms with Gasteiger partial charge in [0.25, 0.3) is 0 Å². The molecular weight excluding hydrogens is 312 g/mol. The third-order valence-corrected chi connectivity index (χ3v) is 4.72. The number of nitrogens with one attached hydrogen (secondary N) is 2. The molecule has 0 saturated heterocycles. The standard InChI is InChI=1S/C16H22N4O2S/c1-20(2)23(21,22)19-16-11-10-15(13-18-16)17-12-6-9-14-7-4-3-5-8-14/h3-5,7-8,10-11,13,17H,6,9,12H2,1-2H3,(H,18,19). The van der Waals surface area contributed by atoms with Crippen molar-refractivity contribution >= 4 is 21.7 Å². The SMILES string of the molecule is CN(C)S(=O)(=O)Nc1ccc(NCCCc2ccccc2)cn1. The molecule has 2 N–H and O–H groups in total. The number of hydrogen-bond donors (Lipinski definition) is 2. The smallest absolute Gasteiger partial charge is 0.302 e. The summed E-state index contributed by atoms with van der Waals surface area (Å²) in [5, 5.41) is 3.28. The lowest BCUT2D eigenvalue weighted by Crippen LogP contribution is -2.29. The summed E-state index contributed by atoms with van der Waals surface area (Å²) in [6.07, 6.45) is 3.65. The number of aromatic nitrogens is 1. The van der Waals surface area contributed by atoms with E-state index >= 15 is 0 Å². The van der Waals surface area contributed by atoms with Crippen LogP contribution in [-0.4, -0.2) is 38.3 Å². The van der Waals surface area contributed by atoms with Gasteiger partial charge >= 0.3 is 10.2 Å². The molecule has 0 unspecified atom stereocenters. The van der Waals surface area contributed by atoms with Crippen LogP contribution in [0.25, 0.3) is 0 Å². The lowest BCUT2D eigenvalue weighted by atomic mass is 10.1. The number of anilines is 2. The summed E-state index contributed by atoms with van der Waals surface area (Å²) in [7, 11) is -0.589. The molecule has 0 aliphatic rings. The molecule has 1 aromatic carbocycles. The van der Waals surface area contributed by atoms with Crippen molar-refractivity contribution in [1.29, 1.82) is 0 Å². The Labute approximate surface area is 137 Å². The van der Waals surface area contributed by atoms with Gasteiger partial charge in [-0.3, -0.25) is 4.72 Å². The zero-order valence-electron chi connectivity index (χ0n) is 13.4. The maximum Gasteiger partial charge on any atom is 0.302 e. The molecule has 0 aliphatic heterocycles. The summed E-state index contributed by atoms with van der Waals surface area (Å²) in [6.45, 7) is 0.833. The Morgan fingerprint density at radius 2 is 1.83 bits per heavy atom. The molecule has 124 valence electrons. The molecule has 0 saturated carbocycles. The fourth-order valence-corrected chi connectivity index (χ4v) is 2.52. The molecule has 1 aromatic heterocycles. The molecule has 0 bridgehead atoms. The van der Waals surface area contributed by atoms with Crippen LogP contribution in [0.3, 0.4) is 0 Å². The van der Waals surface area contributed by atoms with Gasteiger partial charge < -0.3 is 5.32 Å². The van der Waals surface area contributed by atoms with E-state index in [2.05, 4.69) is 27.2 Å². The summed E-state index contributed by atoms with van der Waals surface area (Å²) < 4.78 is 26.9. The minimum Gasteiger partial charge on any atom is -0.384 e. The fraction of sp³-hybridized carbons (Fsp3) is 0.312. The molecule has 7 heteroatoms. The van der Waals surface area contributed by atoms with E-state index in [1.165, 1.54) is 19.7 Å². The zero-order valence-corrected chi connectivity index (χ0v) is 14.2. The van der Waals surface area contributed by atoms with Crippen LogP contribution in [0.15, 0.2) is 48.7 Å². The fourth-order valence-electron chi connectivity index (χ4n) is 1.95. The number of rotatable bonds is 8. The Bertz CT molecular complexity index is 701. The second-order valence-corrected chi connectivity index (χ2v) is 7.22. The van der Waals surface area contributed by atoms with Gasteiger partial charge in [0.1, 0.15) is 5.82 Å². The van der Waals surface area contributed by atoms with Crippen molar-refractivity contribution < 1.29 is 8.42 Å². The third kappa shape index (κ3) is 5.54. The van der Waals surface area contributed by atoms with E-state index in [-0.39, 0.29) is 0 Å². The van der Waals surface area contributed by atoms with Gasteiger partial charge in [-0.25, -0.2) is 4.98 Å². The molecule has 0 aliphatic carbocycles. The first kappa shape index (κ1) is 17.2. The summed E-state index contributed by atoms with van der Waals surface area (Å²) in [5.41, 5.74) is 2.19. The molecule has 0 spiro atoms. The first-order valence-electron chi connectivity index (χ1n) is 7.41. The van der Waals surface area contributed by atoms with E-state index in [0.717, 1.165) is 29.4 Å². The van der Waals surface area contributed by atoms with E-state index in [9.17, 15) is 8.42 Å². The number of pyridine rings is 1. The Morgan fingerprint density at radius 1 is 1.09 bits per heavy atom. The van der Waals surface area contributed by atoms with Crippen LogP contribution in [0.5, 0.6) is 0 Å². The van der Waals surface area contributed by atoms with Crippen LogP contribution in [-0.2, 0) is 16.6 Å². The van der Waals surface area contributed by atoms with E-state index in [1.54, 1.807) is 12.3 Å². The normalized spacial score (nSPS) is 11.4. The van der Waals surface area contributed by atoms with Crippen molar-refractivity contribution in [3.8, 4) is 0 Å². The summed E-state index contributed by atoms with van der Waals surface area (Å²) >= 11 is 0. The molecule has 23 heavy (non-hydrogen) atoms. The summed E-state index contributed by atoms with van der Waals surface area (Å²) in [4.78, 5) is 4.10. The monoisotopic (exact) mass is 334 g/mol. The van der Waals surface area contributed by atoms with E-state index < -0.39 is 10.2 Å². The van der Waals surface area contributed by atoms with Crippen molar-refractivity contribution in [2.24, 2.45) is 0 Å². The van der Waals surface area contributed by atoms with E-state index in [0.29, 0.717) is 5.82 Å². The van der Waals surface area contributed by atoms with Gasteiger partial charge in [0.15, 0.2) is 0 Å². The highest BCUT2D eigenvalue weighted by molar-refractivity contribution is 7.90. The maximum absolute atomic E-state index is 11.7. The Balaban J connectivity index is 1.79. The lowest BCUT2D eigenvalue weighted by molar-refractivity contribution is 0.526. The molecule has 0 fully saturated rings. The quantitative estimate of drug-likeness (QED) is 0.727. The van der Waals surface area contributed by atoms with Crippen LogP contribution >= 0.6 is 0 Å². The van der Waals surface area contributed by atoms with Gasteiger partial charge in [-0.1, -0.05) is 30.3 Å². The number of nitrogens with zero attached hydrogens (tertiary/aromatic N) is 2. The van der Waals surface area contributed by atoms with Crippen LogP contribution in [0.2, 0.25) is 0 Å². The first-order valence-corrected chi connectivity index (χ1v) is 8.85. The Morgan fingerprint density at radius 3 is 2.43 bits per heavy atom. The van der Waals surface area contributed by atoms with E-state index in [1.807, 2.05) is 24.3 Å². The second kappa shape index (κ2) is 7.94. The topological polar surface area (TPSA) is 74.3 Å². The van der Waals surface area contributed by atoms with Gasteiger partial charge in [0, 0.05) is 20.6 Å². The van der Waals surface area contributed by atoms with Crippen molar-refractivity contribution in [3.63, 3.8) is 0 Å². The van der Waals surface area contributed by atoms with E-state index in [4.69, 9.17) is 0 Å². The molecule has 0 atom stereocenters. The highest BCUT2D eigenvalue weighted by Crippen LogP contribution is 2.12. The molecule has 1 heterocycles. The Hall–Kier alpha value is -2.12. The lowest BCUT2D eigenvalue weighted by Gasteiger charge is -2.13.